The molecule has 0 aromatic carbocycles. The Bertz CT molecular complexity index is 290. The number of nitrogens with two attached hydrogens (primary N) is 1. The lowest BCUT2D eigenvalue weighted by Crippen LogP contribution is -2.19. The van der Waals surface area contributed by atoms with Crippen molar-refractivity contribution in [1.29, 1.82) is 0 Å². The fraction of sp³-hybridized carbons (Fsp3) is 0.700. The zero-order chi connectivity index (χ0) is 11.3. The molecular weight excluding hydrogens is 210 g/mol. The van der Waals surface area contributed by atoms with Crippen molar-refractivity contribution in [1.82, 2.24) is 9.55 Å². The number of rotatable bonds is 6. The van der Waals surface area contributed by atoms with Crippen molar-refractivity contribution in [3.63, 3.8) is 0 Å². The summed E-state index contributed by atoms with van der Waals surface area (Å²) in [5, 5.41) is 9.61. The Morgan fingerprint density at radius 2 is 2.40 bits per heavy atom. The third-order valence-electron chi connectivity index (χ3n) is 2.50. The Morgan fingerprint density at radius 1 is 1.67 bits per heavy atom. The summed E-state index contributed by atoms with van der Waals surface area (Å²) in [7, 11) is 0. The molecule has 0 saturated carbocycles. The molecule has 0 amide bonds. The van der Waals surface area contributed by atoms with Gasteiger partial charge in [-0.2, -0.15) is 11.8 Å². The molecule has 0 bridgehead atoms. The van der Waals surface area contributed by atoms with E-state index < -0.39 is 0 Å². The summed E-state index contributed by atoms with van der Waals surface area (Å²) in [6, 6.07) is -0.322. The monoisotopic (exact) mass is 229 g/mol. The van der Waals surface area contributed by atoms with Crippen molar-refractivity contribution in [3.8, 4) is 0 Å². The lowest BCUT2D eigenvalue weighted by Gasteiger charge is -2.14. The molecule has 2 atom stereocenters. The van der Waals surface area contributed by atoms with Crippen LogP contribution in [0.3, 0.4) is 0 Å². The van der Waals surface area contributed by atoms with Gasteiger partial charge in [0.1, 0.15) is 0 Å². The van der Waals surface area contributed by atoms with Crippen molar-refractivity contribution in [2.24, 2.45) is 5.73 Å². The molecule has 5 heteroatoms. The number of hydrogen-bond acceptors (Lipinski definition) is 4. The molecule has 0 saturated heterocycles. The van der Waals surface area contributed by atoms with E-state index in [-0.39, 0.29) is 12.6 Å². The Hall–Kier alpha value is -0.520. The van der Waals surface area contributed by atoms with Gasteiger partial charge in [0.25, 0.3) is 0 Å². The number of aryl methyl sites for hydroxylation is 1. The number of aromatic nitrogens is 2. The van der Waals surface area contributed by atoms with E-state index in [1.165, 1.54) is 0 Å². The molecule has 1 heterocycles. The highest BCUT2D eigenvalue weighted by molar-refractivity contribution is 7.99. The molecule has 1 rings (SSSR count). The molecule has 0 aliphatic heterocycles. The first-order valence-corrected chi connectivity index (χ1v) is 6.37. The Labute approximate surface area is 94.9 Å². The van der Waals surface area contributed by atoms with Crippen LogP contribution in [0.2, 0.25) is 0 Å². The van der Waals surface area contributed by atoms with E-state index in [2.05, 4.69) is 18.2 Å². The maximum Gasteiger partial charge on any atom is 0.0948 e. The molecule has 1 aromatic heterocycles. The first-order chi connectivity index (χ1) is 7.19. The summed E-state index contributed by atoms with van der Waals surface area (Å²) in [6.07, 6.45) is 6.70. The Morgan fingerprint density at radius 3 is 3.00 bits per heavy atom. The summed E-state index contributed by atoms with van der Waals surface area (Å²) in [4.78, 5) is 4.06. The third-order valence-corrected chi connectivity index (χ3v) is 3.54. The molecule has 4 nitrogen and oxygen atoms in total. The summed E-state index contributed by atoms with van der Waals surface area (Å²) < 4.78 is 2.02. The Kier molecular flexibility index (Phi) is 5.14. The van der Waals surface area contributed by atoms with Crippen LogP contribution in [-0.4, -0.2) is 32.8 Å². The van der Waals surface area contributed by atoms with Gasteiger partial charge in [-0.15, -0.1) is 0 Å². The zero-order valence-corrected chi connectivity index (χ0v) is 10.1. The third kappa shape index (κ3) is 3.52. The predicted molar refractivity (Wildman–Crippen MR) is 63.8 cm³/mol. The van der Waals surface area contributed by atoms with Gasteiger partial charge in [-0.05, 0) is 12.7 Å². The van der Waals surface area contributed by atoms with E-state index in [1.807, 2.05) is 16.3 Å². The minimum absolute atomic E-state index is 0.0379. The first-order valence-electron chi connectivity index (χ1n) is 5.08. The van der Waals surface area contributed by atoms with Crippen molar-refractivity contribution in [3.05, 3.63) is 18.2 Å². The van der Waals surface area contributed by atoms with Crippen LogP contribution in [-0.2, 0) is 6.54 Å². The molecule has 0 fully saturated rings. The van der Waals surface area contributed by atoms with Gasteiger partial charge in [0.05, 0.1) is 24.7 Å². The van der Waals surface area contributed by atoms with Crippen molar-refractivity contribution in [2.75, 3.05) is 12.9 Å². The molecule has 3 N–H and O–H groups in total. The average Bonchev–Trinajstić information content (AvgIpc) is 2.72. The second kappa shape index (κ2) is 6.15. The van der Waals surface area contributed by atoms with Gasteiger partial charge in [-0.25, -0.2) is 4.98 Å². The van der Waals surface area contributed by atoms with E-state index >= 15 is 0 Å². The highest BCUT2D eigenvalue weighted by Gasteiger charge is 2.10. The van der Waals surface area contributed by atoms with Crippen molar-refractivity contribution < 1.29 is 5.11 Å². The highest BCUT2D eigenvalue weighted by Crippen LogP contribution is 2.14. The standard InChI is InChI=1S/C10H19N3OS/c1-8(15-2)3-4-13-7-12-5-10(13)9(11)6-14/h5,7-9,14H,3-4,6,11H2,1-2H3. The van der Waals surface area contributed by atoms with E-state index in [0.29, 0.717) is 5.25 Å². The van der Waals surface area contributed by atoms with E-state index in [4.69, 9.17) is 10.8 Å². The van der Waals surface area contributed by atoms with Crippen LogP contribution in [0.15, 0.2) is 12.5 Å². The number of aliphatic hydroxyl groups is 1. The normalized spacial score (nSPS) is 15.2. The van der Waals surface area contributed by atoms with Crippen LogP contribution in [0, 0.1) is 0 Å². The van der Waals surface area contributed by atoms with Crippen LogP contribution in [0.1, 0.15) is 25.1 Å². The summed E-state index contributed by atoms with van der Waals surface area (Å²) in [5.41, 5.74) is 6.67. The average molecular weight is 229 g/mol. The van der Waals surface area contributed by atoms with Gasteiger partial charge in [0, 0.05) is 18.0 Å². The lowest BCUT2D eigenvalue weighted by molar-refractivity contribution is 0.263. The van der Waals surface area contributed by atoms with Gasteiger partial charge < -0.3 is 15.4 Å². The second-order valence-corrected chi connectivity index (χ2v) is 4.91. The van der Waals surface area contributed by atoms with E-state index in [9.17, 15) is 0 Å². The zero-order valence-electron chi connectivity index (χ0n) is 9.26. The van der Waals surface area contributed by atoms with E-state index in [1.54, 1.807) is 12.5 Å². The number of aliphatic hydroxyl groups excluding tert-OH is 1. The summed E-state index contributed by atoms with van der Waals surface area (Å²) in [5.74, 6) is 0. The largest absolute Gasteiger partial charge is 0.394 e. The molecule has 0 aliphatic rings. The second-order valence-electron chi connectivity index (χ2n) is 3.64. The fourth-order valence-electron chi connectivity index (χ4n) is 1.36. The smallest absolute Gasteiger partial charge is 0.0948 e. The van der Waals surface area contributed by atoms with Gasteiger partial charge in [0.15, 0.2) is 0 Å². The summed E-state index contributed by atoms with van der Waals surface area (Å²) >= 11 is 1.85. The topological polar surface area (TPSA) is 64.1 Å². The minimum atomic E-state index is -0.322. The molecule has 0 spiro atoms. The Balaban J connectivity index is 2.57. The minimum Gasteiger partial charge on any atom is -0.394 e. The maximum absolute atomic E-state index is 8.98. The number of hydrogen-bond donors (Lipinski definition) is 2. The van der Waals surface area contributed by atoms with Gasteiger partial charge in [0.2, 0.25) is 0 Å². The van der Waals surface area contributed by atoms with Crippen molar-refractivity contribution in [2.45, 2.75) is 31.2 Å². The van der Waals surface area contributed by atoms with Crippen LogP contribution in [0.25, 0.3) is 0 Å². The van der Waals surface area contributed by atoms with Crippen LogP contribution < -0.4 is 5.73 Å². The van der Waals surface area contributed by atoms with E-state index in [0.717, 1.165) is 18.7 Å². The quantitative estimate of drug-likeness (QED) is 0.764. The molecule has 86 valence electrons. The molecule has 15 heavy (non-hydrogen) atoms. The molecule has 0 radical (unpaired) electrons. The van der Waals surface area contributed by atoms with Crippen molar-refractivity contribution >= 4 is 11.8 Å². The van der Waals surface area contributed by atoms with Crippen LogP contribution in [0.4, 0.5) is 0 Å². The van der Waals surface area contributed by atoms with Crippen LogP contribution >= 0.6 is 11.8 Å². The van der Waals surface area contributed by atoms with Gasteiger partial charge in [-0.3, -0.25) is 0 Å². The fourth-order valence-corrected chi connectivity index (χ4v) is 1.70. The molecule has 2 unspecified atom stereocenters. The van der Waals surface area contributed by atoms with Crippen LogP contribution in [0.5, 0.6) is 0 Å². The SMILES string of the molecule is CSC(C)CCn1cncc1C(N)CO. The van der Waals surface area contributed by atoms with Gasteiger partial charge >= 0.3 is 0 Å². The first kappa shape index (κ1) is 12.5. The highest BCUT2D eigenvalue weighted by atomic mass is 32.2. The summed E-state index contributed by atoms with van der Waals surface area (Å²) in [6.45, 7) is 3.07. The van der Waals surface area contributed by atoms with Gasteiger partial charge in [-0.1, -0.05) is 6.92 Å². The maximum atomic E-state index is 8.98. The molecule has 0 aliphatic carbocycles. The molecular formula is C10H19N3OS. The number of imidazole rings is 1. The predicted octanol–water partition coefficient (Wildman–Crippen LogP) is 1.02. The number of nitrogens with zero attached hydrogens (tertiary/aromatic N) is 2. The lowest BCUT2D eigenvalue weighted by atomic mass is 10.2. The number of thioether (sulfide) groups is 1. The molecule has 1 aromatic rings.